The van der Waals surface area contributed by atoms with Crippen LogP contribution in [-0.2, 0) is 6.61 Å². The van der Waals surface area contributed by atoms with E-state index in [9.17, 15) is 0 Å². The van der Waals surface area contributed by atoms with Crippen molar-refractivity contribution >= 4 is 33.1 Å². The minimum Gasteiger partial charge on any atom is -0.497 e. The molecule has 21 heavy (non-hydrogen) atoms. The van der Waals surface area contributed by atoms with Crippen molar-refractivity contribution in [2.75, 3.05) is 7.11 Å². The van der Waals surface area contributed by atoms with Crippen molar-refractivity contribution < 1.29 is 9.47 Å². The molecule has 0 aliphatic rings. The van der Waals surface area contributed by atoms with Gasteiger partial charge < -0.3 is 15.2 Å². The summed E-state index contributed by atoms with van der Waals surface area (Å²) in [7, 11) is 1.63. The first-order valence-corrected chi connectivity index (χ1v) is 7.57. The van der Waals surface area contributed by atoms with Crippen molar-refractivity contribution in [1.82, 2.24) is 0 Å². The van der Waals surface area contributed by atoms with Gasteiger partial charge in [0.05, 0.1) is 11.6 Å². The van der Waals surface area contributed by atoms with Crippen LogP contribution in [0.1, 0.15) is 16.7 Å². The van der Waals surface area contributed by atoms with Crippen LogP contribution in [-0.4, -0.2) is 12.1 Å². The lowest BCUT2D eigenvalue weighted by Crippen LogP contribution is -2.10. The van der Waals surface area contributed by atoms with Crippen LogP contribution in [0.25, 0.3) is 0 Å². The normalized spacial score (nSPS) is 10.2. The molecule has 0 atom stereocenters. The van der Waals surface area contributed by atoms with E-state index in [-0.39, 0.29) is 0 Å². The number of hydrogen-bond acceptors (Lipinski definition) is 3. The van der Waals surface area contributed by atoms with Gasteiger partial charge in [0, 0.05) is 5.56 Å². The highest BCUT2D eigenvalue weighted by atomic mass is 79.9. The first-order chi connectivity index (χ1) is 10.0. The fourth-order valence-corrected chi connectivity index (χ4v) is 2.49. The second kappa shape index (κ2) is 6.91. The topological polar surface area (TPSA) is 44.5 Å². The van der Waals surface area contributed by atoms with Gasteiger partial charge in [0.25, 0.3) is 0 Å². The van der Waals surface area contributed by atoms with E-state index >= 15 is 0 Å². The number of halogens is 1. The van der Waals surface area contributed by atoms with Crippen LogP contribution in [0.4, 0.5) is 0 Å². The summed E-state index contributed by atoms with van der Waals surface area (Å²) in [6, 6.07) is 11.5. The molecule has 0 fully saturated rings. The third-order valence-electron chi connectivity index (χ3n) is 3.15. The van der Waals surface area contributed by atoms with E-state index in [2.05, 4.69) is 15.9 Å². The zero-order chi connectivity index (χ0) is 15.4. The van der Waals surface area contributed by atoms with E-state index in [1.165, 1.54) is 0 Å². The summed E-state index contributed by atoms with van der Waals surface area (Å²) in [6.45, 7) is 2.50. The number of aryl methyl sites for hydroxylation is 1. The lowest BCUT2D eigenvalue weighted by atomic mass is 10.1. The Balaban J connectivity index is 2.11. The number of nitrogens with two attached hydrogens (primary N) is 1. The molecule has 0 unspecified atom stereocenters. The molecule has 3 nitrogen and oxygen atoms in total. The number of benzene rings is 2. The maximum Gasteiger partial charge on any atom is 0.134 e. The van der Waals surface area contributed by atoms with Crippen LogP contribution in [0, 0.1) is 6.92 Å². The van der Waals surface area contributed by atoms with Gasteiger partial charge >= 0.3 is 0 Å². The van der Waals surface area contributed by atoms with Crippen LogP contribution >= 0.6 is 28.1 Å². The summed E-state index contributed by atoms with van der Waals surface area (Å²) in [5.74, 6) is 1.56. The minimum absolute atomic E-state index is 0.406. The summed E-state index contributed by atoms with van der Waals surface area (Å²) in [5.41, 5.74) is 8.70. The molecule has 5 heteroatoms. The maximum atomic E-state index is 5.84. The Morgan fingerprint density at radius 3 is 2.57 bits per heavy atom. The lowest BCUT2D eigenvalue weighted by molar-refractivity contribution is 0.302. The van der Waals surface area contributed by atoms with Gasteiger partial charge in [0.1, 0.15) is 23.1 Å². The average molecular weight is 366 g/mol. The number of rotatable bonds is 5. The maximum absolute atomic E-state index is 5.84. The van der Waals surface area contributed by atoms with E-state index < -0.39 is 0 Å². The van der Waals surface area contributed by atoms with Gasteiger partial charge in [-0.05, 0) is 58.2 Å². The highest BCUT2D eigenvalue weighted by Crippen LogP contribution is 2.30. The van der Waals surface area contributed by atoms with Gasteiger partial charge in [-0.15, -0.1) is 0 Å². The molecule has 0 saturated heterocycles. The zero-order valence-corrected chi connectivity index (χ0v) is 14.3. The van der Waals surface area contributed by atoms with Crippen LogP contribution in [0.3, 0.4) is 0 Å². The molecular weight excluding hydrogens is 350 g/mol. The Hall–Kier alpha value is -1.59. The SMILES string of the molecule is COc1ccc(OCc2ccc(C(N)=S)cc2C)c(Br)c1. The van der Waals surface area contributed by atoms with Crippen LogP contribution in [0.15, 0.2) is 40.9 Å². The number of methoxy groups -OCH3 is 1. The molecule has 0 heterocycles. The monoisotopic (exact) mass is 365 g/mol. The van der Waals surface area contributed by atoms with Crippen molar-refractivity contribution in [3.8, 4) is 11.5 Å². The third-order valence-corrected chi connectivity index (χ3v) is 4.00. The molecule has 0 radical (unpaired) electrons. The summed E-state index contributed by atoms with van der Waals surface area (Å²) >= 11 is 8.45. The van der Waals surface area contributed by atoms with Crippen molar-refractivity contribution in [2.45, 2.75) is 13.5 Å². The molecule has 0 saturated carbocycles. The molecule has 0 aliphatic carbocycles. The highest BCUT2D eigenvalue weighted by molar-refractivity contribution is 9.10. The predicted octanol–water partition coefficient (Wildman–Crippen LogP) is 3.98. The summed E-state index contributed by atoms with van der Waals surface area (Å²) < 4.78 is 11.9. The Labute approximate surface area is 138 Å². The molecular formula is C16H16BrNO2S. The summed E-state index contributed by atoms with van der Waals surface area (Å²) in [6.07, 6.45) is 0. The van der Waals surface area contributed by atoms with Crippen LogP contribution in [0.2, 0.25) is 0 Å². The quantitative estimate of drug-likeness (QED) is 0.813. The smallest absolute Gasteiger partial charge is 0.134 e. The van der Waals surface area contributed by atoms with Crippen LogP contribution < -0.4 is 15.2 Å². The van der Waals surface area contributed by atoms with E-state index in [1.54, 1.807) is 7.11 Å². The predicted molar refractivity (Wildman–Crippen MR) is 92.1 cm³/mol. The van der Waals surface area contributed by atoms with Gasteiger partial charge in [-0.2, -0.15) is 0 Å². The molecule has 110 valence electrons. The molecule has 2 aromatic carbocycles. The van der Waals surface area contributed by atoms with E-state index in [0.29, 0.717) is 11.6 Å². The molecule has 2 aromatic rings. The molecule has 0 spiro atoms. The largest absolute Gasteiger partial charge is 0.497 e. The third kappa shape index (κ3) is 3.95. The van der Waals surface area contributed by atoms with E-state index in [1.807, 2.05) is 43.3 Å². The van der Waals surface area contributed by atoms with Gasteiger partial charge in [-0.1, -0.05) is 24.4 Å². The zero-order valence-electron chi connectivity index (χ0n) is 11.9. The molecule has 0 aliphatic heterocycles. The van der Waals surface area contributed by atoms with E-state index in [4.69, 9.17) is 27.4 Å². The Bertz CT molecular complexity index is 673. The Kier molecular flexibility index (Phi) is 5.20. The molecule has 0 aromatic heterocycles. The van der Waals surface area contributed by atoms with Crippen LogP contribution in [0.5, 0.6) is 11.5 Å². The van der Waals surface area contributed by atoms with Crippen molar-refractivity contribution in [3.05, 3.63) is 57.6 Å². The second-order valence-electron chi connectivity index (χ2n) is 4.59. The van der Waals surface area contributed by atoms with Gasteiger partial charge in [-0.25, -0.2) is 0 Å². The first-order valence-electron chi connectivity index (χ1n) is 6.37. The first kappa shape index (κ1) is 15.8. The molecule has 0 bridgehead atoms. The summed E-state index contributed by atoms with van der Waals surface area (Å²) in [5, 5.41) is 0. The number of ether oxygens (including phenoxy) is 2. The van der Waals surface area contributed by atoms with Gasteiger partial charge in [0.15, 0.2) is 0 Å². The highest BCUT2D eigenvalue weighted by Gasteiger charge is 2.06. The Morgan fingerprint density at radius 2 is 2.00 bits per heavy atom. The van der Waals surface area contributed by atoms with Gasteiger partial charge in [0.2, 0.25) is 0 Å². The number of hydrogen-bond donors (Lipinski definition) is 1. The van der Waals surface area contributed by atoms with Crippen molar-refractivity contribution in [2.24, 2.45) is 5.73 Å². The second-order valence-corrected chi connectivity index (χ2v) is 5.88. The minimum atomic E-state index is 0.406. The molecule has 2 rings (SSSR count). The number of thiocarbonyl (C=S) groups is 1. The summed E-state index contributed by atoms with van der Waals surface area (Å²) in [4.78, 5) is 0.406. The van der Waals surface area contributed by atoms with E-state index in [0.717, 1.165) is 32.7 Å². The lowest BCUT2D eigenvalue weighted by Gasteiger charge is -2.12. The molecule has 2 N–H and O–H groups in total. The van der Waals surface area contributed by atoms with Gasteiger partial charge in [-0.3, -0.25) is 0 Å². The van der Waals surface area contributed by atoms with Crippen molar-refractivity contribution in [1.29, 1.82) is 0 Å². The fraction of sp³-hybridized carbons (Fsp3) is 0.188. The van der Waals surface area contributed by atoms with Crippen molar-refractivity contribution in [3.63, 3.8) is 0 Å². The average Bonchev–Trinajstić information content (AvgIpc) is 2.46. The standard InChI is InChI=1S/C16H16BrNO2S/c1-10-7-11(16(18)21)3-4-12(10)9-20-15-6-5-13(19-2)8-14(15)17/h3-8H,9H2,1-2H3,(H2,18,21). The fourth-order valence-electron chi connectivity index (χ4n) is 1.89. The Morgan fingerprint density at radius 1 is 1.24 bits per heavy atom. The molecule has 0 amide bonds.